The van der Waals surface area contributed by atoms with Gasteiger partial charge in [-0.3, -0.25) is 0 Å². The van der Waals surface area contributed by atoms with Crippen LogP contribution in [-0.4, -0.2) is 19.7 Å². The summed E-state index contributed by atoms with van der Waals surface area (Å²) in [4.78, 5) is 12.1. The van der Waals surface area contributed by atoms with Crippen molar-refractivity contribution in [1.82, 2.24) is 0 Å². The second-order valence-electron chi connectivity index (χ2n) is 5.65. The molecule has 0 aliphatic carbocycles. The van der Waals surface area contributed by atoms with Gasteiger partial charge in [0.15, 0.2) is 18.1 Å². The molecule has 0 amide bonds. The maximum absolute atomic E-state index is 12.1. The van der Waals surface area contributed by atoms with E-state index in [0.29, 0.717) is 11.5 Å². The van der Waals surface area contributed by atoms with Crippen molar-refractivity contribution in [3.63, 3.8) is 0 Å². The van der Waals surface area contributed by atoms with Gasteiger partial charge in [0.2, 0.25) is 0 Å². The molecule has 0 unspecified atom stereocenters. The minimum absolute atomic E-state index is 0.231. The van der Waals surface area contributed by atoms with Gasteiger partial charge in [0.25, 0.3) is 0 Å². The number of esters is 1. The predicted octanol–water partition coefficient (Wildman–Crippen LogP) is 4.93. The highest BCUT2D eigenvalue weighted by Gasteiger charge is 2.12. The molecule has 0 saturated carbocycles. The molecule has 0 N–H and O–H groups in total. The van der Waals surface area contributed by atoms with Gasteiger partial charge >= 0.3 is 5.97 Å². The number of halogens is 1. The number of allylic oxidation sites excluding steroid dienone is 1. The summed E-state index contributed by atoms with van der Waals surface area (Å²) in [6.07, 6.45) is 5.04. The zero-order chi connectivity index (χ0) is 19.6. The summed E-state index contributed by atoms with van der Waals surface area (Å²) < 4.78 is 16.9. The van der Waals surface area contributed by atoms with Crippen LogP contribution in [0.25, 0.3) is 6.08 Å². The van der Waals surface area contributed by atoms with Crippen LogP contribution < -0.4 is 14.2 Å². The Labute approximate surface area is 167 Å². The fourth-order valence-electron chi connectivity index (χ4n) is 2.40. The molecule has 5 nitrogen and oxygen atoms in total. The lowest BCUT2D eigenvalue weighted by atomic mass is 10.1. The summed E-state index contributed by atoms with van der Waals surface area (Å²) in [5.41, 5.74) is 1.97. The number of nitriles is 1. The summed E-state index contributed by atoms with van der Waals surface area (Å²) in [6.45, 7) is 1.89. The number of nitrogens with zero attached hydrogens (tertiary/aromatic N) is 1. The topological polar surface area (TPSA) is 68.5 Å². The number of hydrogen-bond acceptors (Lipinski definition) is 5. The lowest BCUT2D eigenvalue weighted by Crippen LogP contribution is -2.18. The first-order chi connectivity index (χ1) is 13.1. The molecule has 0 spiro atoms. The van der Waals surface area contributed by atoms with E-state index in [-0.39, 0.29) is 12.4 Å². The SMILES string of the molecule is CCCc1ccc(OCC(=O)Oc2ccc(/C=C\C#N)cc2OC)c(Br)c1. The summed E-state index contributed by atoms with van der Waals surface area (Å²) >= 11 is 3.46. The molecule has 2 aromatic rings. The van der Waals surface area contributed by atoms with Gasteiger partial charge in [0, 0.05) is 6.08 Å². The van der Waals surface area contributed by atoms with Gasteiger partial charge in [-0.1, -0.05) is 25.5 Å². The van der Waals surface area contributed by atoms with E-state index >= 15 is 0 Å². The van der Waals surface area contributed by atoms with E-state index in [1.165, 1.54) is 18.7 Å². The number of carbonyl (C=O) groups excluding carboxylic acids is 1. The van der Waals surface area contributed by atoms with Crippen molar-refractivity contribution in [2.45, 2.75) is 19.8 Å². The Bertz CT molecular complexity index is 871. The molecule has 0 radical (unpaired) electrons. The summed E-state index contributed by atoms with van der Waals surface area (Å²) in [7, 11) is 1.48. The first kappa shape index (κ1) is 20.5. The third-order valence-corrected chi connectivity index (χ3v) is 4.26. The average molecular weight is 430 g/mol. The number of rotatable bonds is 8. The van der Waals surface area contributed by atoms with Crippen molar-refractivity contribution < 1.29 is 19.0 Å². The highest BCUT2D eigenvalue weighted by Crippen LogP contribution is 2.29. The number of methoxy groups -OCH3 is 1. The normalized spacial score (nSPS) is 10.4. The first-order valence-corrected chi connectivity index (χ1v) is 9.22. The van der Waals surface area contributed by atoms with E-state index < -0.39 is 5.97 Å². The van der Waals surface area contributed by atoms with Crippen molar-refractivity contribution in [2.24, 2.45) is 0 Å². The molecule has 27 heavy (non-hydrogen) atoms. The number of hydrogen-bond donors (Lipinski definition) is 0. The van der Waals surface area contributed by atoms with E-state index in [9.17, 15) is 4.79 Å². The van der Waals surface area contributed by atoms with E-state index in [4.69, 9.17) is 19.5 Å². The third-order valence-electron chi connectivity index (χ3n) is 3.64. The minimum atomic E-state index is -0.543. The van der Waals surface area contributed by atoms with Crippen LogP contribution in [0.5, 0.6) is 17.2 Å². The molecule has 2 aromatic carbocycles. The van der Waals surface area contributed by atoms with Crippen molar-refractivity contribution >= 4 is 28.0 Å². The zero-order valence-electron chi connectivity index (χ0n) is 15.2. The maximum atomic E-state index is 12.1. The van der Waals surface area contributed by atoms with Crippen LogP contribution in [0.2, 0.25) is 0 Å². The molecule has 6 heteroatoms. The predicted molar refractivity (Wildman–Crippen MR) is 107 cm³/mol. The molecule has 0 aliphatic heterocycles. The Morgan fingerprint density at radius 3 is 2.63 bits per heavy atom. The fraction of sp³-hybridized carbons (Fsp3) is 0.238. The standard InChI is InChI=1S/C21H20BrNO4/c1-3-5-15-7-9-18(17(22)12-15)26-14-21(24)27-19-10-8-16(6-4-11-23)13-20(19)25-2/h4,6-10,12-13H,3,5,14H2,1-2H3/b6-4-. The Balaban J connectivity index is 1.99. The number of benzene rings is 2. The van der Waals surface area contributed by atoms with Crippen LogP contribution in [0.4, 0.5) is 0 Å². The van der Waals surface area contributed by atoms with Gasteiger partial charge in [-0.2, -0.15) is 5.26 Å². The van der Waals surface area contributed by atoms with Crippen LogP contribution >= 0.6 is 15.9 Å². The van der Waals surface area contributed by atoms with Crippen LogP contribution in [0.1, 0.15) is 24.5 Å². The van der Waals surface area contributed by atoms with Crippen LogP contribution in [0.15, 0.2) is 46.9 Å². The van der Waals surface area contributed by atoms with Crippen LogP contribution in [-0.2, 0) is 11.2 Å². The second-order valence-corrected chi connectivity index (χ2v) is 6.50. The maximum Gasteiger partial charge on any atom is 0.349 e. The first-order valence-electron chi connectivity index (χ1n) is 8.43. The Morgan fingerprint density at radius 1 is 1.19 bits per heavy atom. The van der Waals surface area contributed by atoms with E-state index in [2.05, 4.69) is 22.9 Å². The molecule has 0 aliphatic rings. The molecule has 0 aromatic heterocycles. The molecule has 2 rings (SSSR count). The van der Waals surface area contributed by atoms with Crippen molar-refractivity contribution in [2.75, 3.05) is 13.7 Å². The van der Waals surface area contributed by atoms with Crippen molar-refractivity contribution in [3.8, 4) is 23.3 Å². The monoisotopic (exact) mass is 429 g/mol. The summed E-state index contributed by atoms with van der Waals surface area (Å²) in [6, 6.07) is 12.7. The highest BCUT2D eigenvalue weighted by atomic mass is 79.9. The largest absolute Gasteiger partial charge is 0.493 e. The van der Waals surface area contributed by atoms with Crippen molar-refractivity contribution in [3.05, 3.63) is 58.1 Å². The summed E-state index contributed by atoms with van der Waals surface area (Å²) in [5, 5.41) is 8.59. The molecular formula is C21H20BrNO4. The van der Waals surface area contributed by atoms with Gasteiger partial charge < -0.3 is 14.2 Å². The van der Waals surface area contributed by atoms with Crippen LogP contribution in [0, 0.1) is 11.3 Å². The molecule has 0 saturated heterocycles. The third kappa shape index (κ3) is 6.15. The highest BCUT2D eigenvalue weighted by molar-refractivity contribution is 9.10. The van der Waals surface area contributed by atoms with Crippen molar-refractivity contribution in [1.29, 1.82) is 5.26 Å². The molecule has 0 bridgehead atoms. The number of ether oxygens (including phenoxy) is 3. The van der Waals surface area contributed by atoms with E-state index in [0.717, 1.165) is 22.9 Å². The quantitative estimate of drug-likeness (QED) is 0.338. The lowest BCUT2D eigenvalue weighted by molar-refractivity contribution is -0.136. The van der Waals surface area contributed by atoms with Gasteiger partial charge in [-0.15, -0.1) is 0 Å². The smallest absolute Gasteiger partial charge is 0.349 e. The zero-order valence-corrected chi connectivity index (χ0v) is 16.8. The molecule has 0 fully saturated rings. The average Bonchev–Trinajstić information content (AvgIpc) is 2.66. The van der Waals surface area contributed by atoms with Gasteiger partial charge in [-0.25, -0.2) is 4.79 Å². The molecule has 140 valence electrons. The Morgan fingerprint density at radius 2 is 1.96 bits per heavy atom. The lowest BCUT2D eigenvalue weighted by Gasteiger charge is -2.12. The molecular weight excluding hydrogens is 410 g/mol. The Hall–Kier alpha value is -2.78. The van der Waals surface area contributed by atoms with Gasteiger partial charge in [0.05, 0.1) is 17.7 Å². The summed E-state index contributed by atoms with van der Waals surface area (Å²) in [5.74, 6) is 0.722. The van der Waals surface area contributed by atoms with E-state index in [1.54, 1.807) is 24.3 Å². The fourth-order valence-corrected chi connectivity index (χ4v) is 2.94. The van der Waals surface area contributed by atoms with E-state index in [1.807, 2.05) is 24.3 Å². The second kappa shape index (κ2) is 10.4. The Kier molecular flexibility index (Phi) is 7.90. The minimum Gasteiger partial charge on any atom is -0.493 e. The van der Waals surface area contributed by atoms with Gasteiger partial charge in [0.1, 0.15) is 5.75 Å². The molecule has 0 atom stereocenters. The number of carbonyl (C=O) groups is 1. The molecule has 0 heterocycles. The number of aryl methyl sites for hydroxylation is 1. The van der Waals surface area contributed by atoms with Crippen LogP contribution in [0.3, 0.4) is 0 Å². The van der Waals surface area contributed by atoms with Gasteiger partial charge in [-0.05, 0) is 63.8 Å².